The van der Waals surface area contributed by atoms with Crippen molar-refractivity contribution in [3.05, 3.63) is 101 Å². The van der Waals surface area contributed by atoms with Gasteiger partial charge in [-0.15, -0.1) is 0 Å². The smallest absolute Gasteiger partial charge is 0.240 e. The molecule has 3 N–H and O–H groups in total. The van der Waals surface area contributed by atoms with Gasteiger partial charge in [-0.25, -0.2) is 13.8 Å². The number of benzene rings is 3. The number of aromatic nitrogens is 2. The number of aliphatic hydroxyl groups is 1. The van der Waals surface area contributed by atoms with Crippen LogP contribution in [0.25, 0.3) is 11.0 Å². The normalized spacial score (nSPS) is 13.0. The average molecular weight is 521 g/mol. The molecule has 200 valence electrons. The van der Waals surface area contributed by atoms with Crippen LogP contribution in [-0.2, 0) is 37.1 Å². The molecule has 38 heavy (non-hydrogen) atoms. The lowest BCUT2D eigenvalue weighted by molar-refractivity contribution is -0.123. The summed E-state index contributed by atoms with van der Waals surface area (Å²) in [6.45, 7) is 4.81. The standard InChI is InChI=1S/C30H34F2N4O2/c1-3-20-8-7-9-21(12-20)17-33-18-28(37)26(15-22-13-23(31)16-24(32)14-22)35-30(38)19-36-27-11-6-5-10-25(27)34-29(36)4-2/h5-14,16,26,28,33,37H,3-4,15,17-19H2,1-2H3,(H,35,38)/t26?,28-/m1/s1. The van der Waals surface area contributed by atoms with E-state index >= 15 is 0 Å². The number of rotatable bonds is 12. The zero-order valence-electron chi connectivity index (χ0n) is 21.8. The first-order chi connectivity index (χ1) is 18.4. The highest BCUT2D eigenvalue weighted by molar-refractivity contribution is 5.81. The Bertz CT molecular complexity index is 1370. The third-order valence-corrected chi connectivity index (χ3v) is 6.62. The topological polar surface area (TPSA) is 79.2 Å². The van der Waals surface area contributed by atoms with Gasteiger partial charge in [-0.1, -0.05) is 50.2 Å². The summed E-state index contributed by atoms with van der Waals surface area (Å²) in [5, 5.41) is 17.2. The Morgan fingerprint density at radius 1 is 0.947 bits per heavy atom. The van der Waals surface area contributed by atoms with Crippen molar-refractivity contribution < 1.29 is 18.7 Å². The zero-order valence-corrected chi connectivity index (χ0v) is 21.8. The number of amides is 1. The molecule has 0 bridgehead atoms. The Morgan fingerprint density at radius 3 is 2.42 bits per heavy atom. The van der Waals surface area contributed by atoms with E-state index in [4.69, 9.17) is 0 Å². The van der Waals surface area contributed by atoms with Crippen LogP contribution in [0.3, 0.4) is 0 Å². The molecule has 0 aliphatic carbocycles. The second kappa shape index (κ2) is 12.8. The maximum Gasteiger partial charge on any atom is 0.240 e. The number of aliphatic hydroxyl groups excluding tert-OH is 1. The molecular weight excluding hydrogens is 486 g/mol. The van der Waals surface area contributed by atoms with Crippen molar-refractivity contribution in [2.45, 2.75) is 58.3 Å². The molecule has 6 nitrogen and oxygen atoms in total. The lowest BCUT2D eigenvalue weighted by atomic mass is 10.0. The predicted molar refractivity (Wildman–Crippen MR) is 145 cm³/mol. The molecular formula is C30H34F2N4O2. The van der Waals surface area contributed by atoms with E-state index in [1.54, 1.807) is 0 Å². The SMILES string of the molecule is CCc1cccc(CNC[C@@H](O)C(Cc2cc(F)cc(F)c2)NC(=O)Cn2c(CC)nc3ccccc32)c1. The average Bonchev–Trinajstić information content (AvgIpc) is 3.25. The van der Waals surface area contributed by atoms with Crippen LogP contribution in [-0.4, -0.2) is 39.3 Å². The third-order valence-electron chi connectivity index (χ3n) is 6.62. The van der Waals surface area contributed by atoms with Gasteiger partial charge in [0.25, 0.3) is 0 Å². The van der Waals surface area contributed by atoms with E-state index in [1.807, 2.05) is 47.9 Å². The molecule has 0 saturated heterocycles. The molecule has 2 atom stereocenters. The lowest BCUT2D eigenvalue weighted by Crippen LogP contribution is -2.49. The Hall–Kier alpha value is -3.62. The van der Waals surface area contributed by atoms with Crippen LogP contribution in [0, 0.1) is 11.6 Å². The van der Waals surface area contributed by atoms with E-state index in [2.05, 4.69) is 34.7 Å². The van der Waals surface area contributed by atoms with Gasteiger partial charge in [0.15, 0.2) is 0 Å². The molecule has 0 radical (unpaired) electrons. The number of imidazole rings is 1. The molecule has 0 aliphatic rings. The third kappa shape index (κ3) is 7.02. The number of carbonyl (C=O) groups excluding carboxylic acids is 1. The zero-order chi connectivity index (χ0) is 27.1. The minimum Gasteiger partial charge on any atom is -0.390 e. The monoisotopic (exact) mass is 520 g/mol. The number of fused-ring (bicyclic) bond motifs is 1. The summed E-state index contributed by atoms with van der Waals surface area (Å²) in [6, 6.07) is 18.3. The highest BCUT2D eigenvalue weighted by Crippen LogP contribution is 2.17. The number of halogens is 2. The van der Waals surface area contributed by atoms with Gasteiger partial charge in [0.05, 0.1) is 23.2 Å². The molecule has 1 unspecified atom stereocenters. The van der Waals surface area contributed by atoms with Crippen LogP contribution in [0.4, 0.5) is 8.78 Å². The van der Waals surface area contributed by atoms with Crippen molar-refractivity contribution >= 4 is 16.9 Å². The minimum atomic E-state index is -0.996. The minimum absolute atomic E-state index is 0.0155. The van der Waals surface area contributed by atoms with Crippen LogP contribution >= 0.6 is 0 Å². The number of hydrogen-bond donors (Lipinski definition) is 3. The Kier molecular flexibility index (Phi) is 9.20. The van der Waals surface area contributed by atoms with Gasteiger partial charge in [-0.05, 0) is 53.8 Å². The van der Waals surface area contributed by atoms with E-state index in [-0.39, 0.29) is 25.4 Å². The van der Waals surface area contributed by atoms with Gasteiger partial charge in [0, 0.05) is 25.6 Å². The van der Waals surface area contributed by atoms with E-state index in [0.717, 1.165) is 34.9 Å². The number of hydrogen-bond acceptors (Lipinski definition) is 4. The number of nitrogens with one attached hydrogen (secondary N) is 2. The number of para-hydroxylation sites is 2. The second-order valence-electron chi connectivity index (χ2n) is 9.48. The molecule has 1 amide bonds. The summed E-state index contributed by atoms with van der Waals surface area (Å²) in [6.07, 6.45) is 0.658. The summed E-state index contributed by atoms with van der Waals surface area (Å²) >= 11 is 0. The quantitative estimate of drug-likeness (QED) is 0.260. The van der Waals surface area contributed by atoms with E-state index < -0.39 is 23.8 Å². The second-order valence-corrected chi connectivity index (χ2v) is 9.48. The summed E-state index contributed by atoms with van der Waals surface area (Å²) in [7, 11) is 0. The van der Waals surface area contributed by atoms with Crippen molar-refractivity contribution in [2.24, 2.45) is 0 Å². The van der Waals surface area contributed by atoms with Crippen molar-refractivity contribution in [1.82, 2.24) is 20.2 Å². The largest absolute Gasteiger partial charge is 0.390 e. The highest BCUT2D eigenvalue weighted by Gasteiger charge is 2.23. The molecule has 4 aromatic rings. The molecule has 0 saturated carbocycles. The summed E-state index contributed by atoms with van der Waals surface area (Å²) in [4.78, 5) is 17.8. The Balaban J connectivity index is 1.48. The molecule has 8 heteroatoms. The van der Waals surface area contributed by atoms with Crippen LogP contribution in [0.5, 0.6) is 0 Å². The fourth-order valence-electron chi connectivity index (χ4n) is 4.70. The van der Waals surface area contributed by atoms with Crippen molar-refractivity contribution in [3.63, 3.8) is 0 Å². The Morgan fingerprint density at radius 2 is 1.68 bits per heavy atom. The van der Waals surface area contributed by atoms with E-state index in [9.17, 15) is 18.7 Å². The molecule has 0 aliphatic heterocycles. The van der Waals surface area contributed by atoms with Crippen molar-refractivity contribution in [1.29, 1.82) is 0 Å². The molecule has 0 fully saturated rings. The van der Waals surface area contributed by atoms with Gasteiger partial charge in [0.2, 0.25) is 5.91 Å². The van der Waals surface area contributed by atoms with Gasteiger partial charge in [0.1, 0.15) is 24.0 Å². The first-order valence-corrected chi connectivity index (χ1v) is 13.0. The number of carbonyl (C=O) groups is 1. The van der Waals surface area contributed by atoms with Crippen LogP contribution in [0.1, 0.15) is 36.4 Å². The summed E-state index contributed by atoms with van der Waals surface area (Å²) in [5.41, 5.74) is 4.31. The first kappa shape index (κ1) is 27.4. The molecule has 1 heterocycles. The van der Waals surface area contributed by atoms with E-state index in [0.29, 0.717) is 18.5 Å². The Labute approximate surface area is 221 Å². The highest BCUT2D eigenvalue weighted by atomic mass is 19.1. The van der Waals surface area contributed by atoms with Gasteiger partial charge in [-0.3, -0.25) is 4.79 Å². The van der Waals surface area contributed by atoms with E-state index in [1.165, 1.54) is 17.7 Å². The van der Waals surface area contributed by atoms with Crippen LogP contribution in [0.15, 0.2) is 66.7 Å². The van der Waals surface area contributed by atoms with Gasteiger partial charge >= 0.3 is 0 Å². The van der Waals surface area contributed by atoms with Crippen LogP contribution < -0.4 is 10.6 Å². The maximum absolute atomic E-state index is 13.9. The maximum atomic E-state index is 13.9. The molecule has 0 spiro atoms. The molecule has 3 aromatic carbocycles. The van der Waals surface area contributed by atoms with Crippen LogP contribution in [0.2, 0.25) is 0 Å². The number of aryl methyl sites for hydroxylation is 2. The fraction of sp³-hybridized carbons (Fsp3) is 0.333. The lowest BCUT2D eigenvalue weighted by Gasteiger charge is -2.25. The van der Waals surface area contributed by atoms with Gasteiger partial charge in [-0.2, -0.15) is 0 Å². The summed E-state index contributed by atoms with van der Waals surface area (Å²) < 4.78 is 29.6. The number of nitrogens with zero attached hydrogens (tertiary/aromatic N) is 2. The molecule has 1 aromatic heterocycles. The summed E-state index contributed by atoms with van der Waals surface area (Å²) in [5.74, 6) is -0.946. The fourth-order valence-corrected chi connectivity index (χ4v) is 4.70. The first-order valence-electron chi connectivity index (χ1n) is 13.0. The predicted octanol–water partition coefficient (Wildman–Crippen LogP) is 4.32. The molecule has 4 rings (SSSR count). The van der Waals surface area contributed by atoms with Crippen molar-refractivity contribution in [3.8, 4) is 0 Å². The van der Waals surface area contributed by atoms with Gasteiger partial charge < -0.3 is 20.3 Å². The van der Waals surface area contributed by atoms with Crippen molar-refractivity contribution in [2.75, 3.05) is 6.54 Å².